The average molecular weight is 276 g/mol. The van der Waals surface area contributed by atoms with Gasteiger partial charge in [-0.05, 0) is 12.1 Å². The molecule has 0 saturated carbocycles. The van der Waals surface area contributed by atoms with E-state index in [1.807, 2.05) is 0 Å². The van der Waals surface area contributed by atoms with Gasteiger partial charge in [0.1, 0.15) is 23.1 Å². The first-order chi connectivity index (χ1) is 7.66. The lowest BCUT2D eigenvalue weighted by molar-refractivity contribution is 0.302. The Morgan fingerprint density at radius 1 is 1.38 bits per heavy atom. The first-order valence-corrected chi connectivity index (χ1v) is 5.84. The Morgan fingerprint density at radius 3 is 2.88 bits per heavy atom. The Balaban J connectivity index is 2.10. The predicted octanol–water partition coefficient (Wildman–Crippen LogP) is 3.01. The molecule has 7 heteroatoms. The minimum absolute atomic E-state index is 0.225. The van der Waals surface area contributed by atoms with E-state index in [-0.39, 0.29) is 6.61 Å². The molecule has 0 aliphatic rings. The maximum Gasteiger partial charge on any atom is 0.139 e. The second kappa shape index (κ2) is 4.86. The molecule has 0 aliphatic carbocycles. The second-order valence-corrected chi connectivity index (χ2v) is 4.58. The summed E-state index contributed by atoms with van der Waals surface area (Å²) in [5.41, 5.74) is 6.23. The first kappa shape index (κ1) is 11.4. The Bertz CT molecular complexity index is 503. The van der Waals surface area contributed by atoms with E-state index in [9.17, 15) is 0 Å². The molecule has 1 aromatic carbocycles. The van der Waals surface area contributed by atoms with E-state index >= 15 is 0 Å². The number of nitrogen functional groups attached to an aromatic ring is 1. The summed E-state index contributed by atoms with van der Waals surface area (Å²) in [5, 5.41) is 5.42. The number of anilines is 1. The van der Waals surface area contributed by atoms with Gasteiger partial charge < -0.3 is 10.5 Å². The molecule has 0 aliphatic heterocycles. The number of hydrogen-bond donors (Lipinski definition) is 1. The van der Waals surface area contributed by atoms with Crippen LogP contribution < -0.4 is 10.5 Å². The molecule has 0 spiro atoms. The second-order valence-electron chi connectivity index (χ2n) is 2.95. The molecule has 0 amide bonds. The number of hydrogen-bond acceptors (Lipinski definition) is 5. The molecule has 0 fully saturated rings. The van der Waals surface area contributed by atoms with E-state index in [0.29, 0.717) is 26.5 Å². The topological polar surface area (TPSA) is 61.0 Å². The number of aromatic nitrogens is 2. The van der Waals surface area contributed by atoms with Gasteiger partial charge in [-0.15, -0.1) is 5.10 Å². The third-order valence-corrected chi connectivity index (χ3v) is 2.99. The van der Waals surface area contributed by atoms with Crippen molar-refractivity contribution in [2.45, 2.75) is 6.61 Å². The summed E-state index contributed by atoms with van der Waals surface area (Å²) in [4.78, 5) is 0. The van der Waals surface area contributed by atoms with Crippen molar-refractivity contribution in [1.29, 1.82) is 0 Å². The van der Waals surface area contributed by atoms with Crippen molar-refractivity contribution >= 4 is 39.7 Å². The summed E-state index contributed by atoms with van der Waals surface area (Å²) in [6, 6.07) is 5.00. The van der Waals surface area contributed by atoms with Crippen LogP contribution in [0.25, 0.3) is 0 Å². The maximum atomic E-state index is 5.93. The number of halogens is 2. The van der Waals surface area contributed by atoms with Crippen LogP contribution in [0.1, 0.15) is 5.69 Å². The van der Waals surface area contributed by atoms with E-state index in [2.05, 4.69) is 9.59 Å². The van der Waals surface area contributed by atoms with Crippen molar-refractivity contribution in [3.8, 4) is 5.75 Å². The van der Waals surface area contributed by atoms with Gasteiger partial charge in [-0.1, -0.05) is 27.7 Å². The quantitative estimate of drug-likeness (QED) is 0.936. The minimum Gasteiger partial charge on any atom is -0.485 e. The summed E-state index contributed by atoms with van der Waals surface area (Å²) in [6.45, 7) is 0.225. The van der Waals surface area contributed by atoms with Gasteiger partial charge in [0.2, 0.25) is 0 Å². The van der Waals surface area contributed by atoms with Crippen LogP contribution in [0.5, 0.6) is 5.75 Å². The average Bonchev–Trinajstić information content (AvgIpc) is 2.66. The molecule has 0 unspecified atom stereocenters. The molecule has 84 valence electrons. The zero-order valence-corrected chi connectivity index (χ0v) is 10.3. The van der Waals surface area contributed by atoms with Crippen LogP contribution in [-0.4, -0.2) is 9.59 Å². The van der Waals surface area contributed by atoms with Crippen molar-refractivity contribution in [3.63, 3.8) is 0 Å². The smallest absolute Gasteiger partial charge is 0.139 e. The SMILES string of the molecule is Nc1snnc1COc1cc(Cl)ccc1Cl. The molecule has 0 atom stereocenters. The minimum atomic E-state index is 0.225. The highest BCUT2D eigenvalue weighted by atomic mass is 35.5. The molecule has 0 radical (unpaired) electrons. The Morgan fingerprint density at radius 2 is 2.19 bits per heavy atom. The van der Waals surface area contributed by atoms with Crippen molar-refractivity contribution in [3.05, 3.63) is 33.9 Å². The molecule has 2 rings (SSSR count). The van der Waals surface area contributed by atoms with Gasteiger partial charge in [-0.2, -0.15) is 0 Å². The van der Waals surface area contributed by atoms with Crippen molar-refractivity contribution in [1.82, 2.24) is 9.59 Å². The van der Waals surface area contributed by atoms with Crippen molar-refractivity contribution in [2.24, 2.45) is 0 Å². The zero-order chi connectivity index (χ0) is 11.5. The standard InChI is InChI=1S/C9H7Cl2N3OS/c10-5-1-2-6(11)8(3-5)15-4-7-9(12)16-14-13-7/h1-3H,4,12H2. The molecular formula is C9H7Cl2N3OS. The van der Waals surface area contributed by atoms with Crippen molar-refractivity contribution < 1.29 is 4.74 Å². The molecule has 2 N–H and O–H groups in total. The van der Waals surface area contributed by atoms with Gasteiger partial charge in [0.15, 0.2) is 0 Å². The van der Waals surface area contributed by atoms with Crippen LogP contribution in [0.15, 0.2) is 18.2 Å². The maximum absolute atomic E-state index is 5.93. The number of nitrogens with two attached hydrogens (primary N) is 1. The molecule has 0 saturated heterocycles. The molecule has 16 heavy (non-hydrogen) atoms. The number of benzene rings is 1. The number of nitrogens with zero attached hydrogens (tertiary/aromatic N) is 2. The molecule has 4 nitrogen and oxygen atoms in total. The molecule has 2 aromatic rings. The number of rotatable bonds is 3. The van der Waals surface area contributed by atoms with Crippen LogP contribution in [-0.2, 0) is 6.61 Å². The summed E-state index contributed by atoms with van der Waals surface area (Å²) in [7, 11) is 0. The normalized spacial score (nSPS) is 10.4. The lowest BCUT2D eigenvalue weighted by Gasteiger charge is -2.06. The molecule has 1 aromatic heterocycles. The van der Waals surface area contributed by atoms with Crippen LogP contribution in [0.3, 0.4) is 0 Å². The highest BCUT2D eigenvalue weighted by molar-refractivity contribution is 7.09. The highest BCUT2D eigenvalue weighted by Gasteiger charge is 2.07. The van der Waals surface area contributed by atoms with Crippen LogP contribution >= 0.6 is 34.7 Å². The van der Waals surface area contributed by atoms with Gasteiger partial charge in [0.05, 0.1) is 5.02 Å². The largest absolute Gasteiger partial charge is 0.485 e. The molecule has 0 bridgehead atoms. The summed E-state index contributed by atoms with van der Waals surface area (Å²) >= 11 is 12.9. The fourth-order valence-electron chi connectivity index (χ4n) is 1.05. The summed E-state index contributed by atoms with van der Waals surface area (Å²) in [5.74, 6) is 0.501. The monoisotopic (exact) mass is 275 g/mol. The Labute approximate surface area is 106 Å². The van der Waals surface area contributed by atoms with Crippen LogP contribution in [0.2, 0.25) is 10.0 Å². The van der Waals surface area contributed by atoms with E-state index in [1.54, 1.807) is 18.2 Å². The van der Waals surface area contributed by atoms with E-state index in [0.717, 1.165) is 11.5 Å². The van der Waals surface area contributed by atoms with Gasteiger partial charge in [-0.25, -0.2) is 0 Å². The highest BCUT2D eigenvalue weighted by Crippen LogP contribution is 2.28. The van der Waals surface area contributed by atoms with Gasteiger partial charge in [0, 0.05) is 22.6 Å². The zero-order valence-electron chi connectivity index (χ0n) is 7.98. The Hall–Kier alpha value is -1.04. The van der Waals surface area contributed by atoms with E-state index in [1.165, 1.54) is 0 Å². The Kier molecular flexibility index (Phi) is 3.48. The van der Waals surface area contributed by atoms with E-state index < -0.39 is 0 Å². The molecular weight excluding hydrogens is 269 g/mol. The number of ether oxygens (including phenoxy) is 1. The van der Waals surface area contributed by atoms with Gasteiger partial charge in [-0.3, -0.25) is 0 Å². The summed E-state index contributed by atoms with van der Waals surface area (Å²) in [6.07, 6.45) is 0. The molecule has 1 heterocycles. The van der Waals surface area contributed by atoms with Crippen molar-refractivity contribution in [2.75, 3.05) is 5.73 Å². The van der Waals surface area contributed by atoms with Crippen LogP contribution in [0, 0.1) is 0 Å². The third-order valence-electron chi connectivity index (χ3n) is 1.84. The predicted molar refractivity (Wildman–Crippen MR) is 65.1 cm³/mol. The van der Waals surface area contributed by atoms with Gasteiger partial charge >= 0.3 is 0 Å². The van der Waals surface area contributed by atoms with E-state index in [4.69, 9.17) is 33.7 Å². The third kappa shape index (κ3) is 2.55. The fraction of sp³-hybridized carbons (Fsp3) is 0.111. The first-order valence-electron chi connectivity index (χ1n) is 4.31. The lowest BCUT2D eigenvalue weighted by atomic mass is 10.3. The summed E-state index contributed by atoms with van der Waals surface area (Å²) < 4.78 is 9.15. The lowest BCUT2D eigenvalue weighted by Crippen LogP contribution is -1.99. The van der Waals surface area contributed by atoms with Crippen LogP contribution in [0.4, 0.5) is 5.00 Å². The van der Waals surface area contributed by atoms with Gasteiger partial charge in [0.25, 0.3) is 0 Å². The fourth-order valence-corrected chi connectivity index (χ4v) is 1.82.